The molecule has 0 aromatic carbocycles. The zero-order valence-electron chi connectivity index (χ0n) is 9.55. The van der Waals surface area contributed by atoms with Crippen molar-refractivity contribution >= 4 is 5.69 Å². The van der Waals surface area contributed by atoms with Crippen molar-refractivity contribution in [3.63, 3.8) is 0 Å². The fourth-order valence-corrected chi connectivity index (χ4v) is 4.56. The Balaban J connectivity index is 1.61. The third-order valence-corrected chi connectivity index (χ3v) is 5.23. The first-order valence-electron chi connectivity index (χ1n) is 6.59. The van der Waals surface area contributed by atoms with Gasteiger partial charge in [0.05, 0.1) is 17.9 Å². The molecule has 86 valence electrons. The van der Waals surface area contributed by atoms with Gasteiger partial charge in [-0.1, -0.05) is 0 Å². The molecule has 1 aromatic heterocycles. The van der Waals surface area contributed by atoms with Crippen LogP contribution >= 0.6 is 0 Å². The van der Waals surface area contributed by atoms with Crippen molar-refractivity contribution in [2.24, 2.45) is 23.7 Å². The van der Waals surface area contributed by atoms with E-state index in [1.54, 1.807) is 6.20 Å². The van der Waals surface area contributed by atoms with Crippen molar-refractivity contribution in [1.29, 1.82) is 0 Å². The summed E-state index contributed by atoms with van der Waals surface area (Å²) in [5.41, 5.74) is 6.57. The maximum atomic E-state index is 5.76. The first-order valence-corrected chi connectivity index (χ1v) is 6.59. The fourth-order valence-electron chi connectivity index (χ4n) is 4.56. The summed E-state index contributed by atoms with van der Waals surface area (Å²) in [5.74, 6) is 4.13. The molecule has 0 aliphatic heterocycles. The topological polar surface area (TPSA) is 43.8 Å². The highest BCUT2D eigenvalue weighted by Crippen LogP contribution is 2.60. The van der Waals surface area contributed by atoms with Crippen LogP contribution in [0.1, 0.15) is 38.1 Å². The van der Waals surface area contributed by atoms with Crippen molar-refractivity contribution < 1.29 is 0 Å². The summed E-state index contributed by atoms with van der Waals surface area (Å²) in [6, 6.07) is 0.624. The van der Waals surface area contributed by atoms with Gasteiger partial charge < -0.3 is 5.73 Å². The molecule has 4 rings (SSSR count). The molecular formula is C13H19N3. The van der Waals surface area contributed by atoms with Crippen LogP contribution in [0.25, 0.3) is 0 Å². The van der Waals surface area contributed by atoms with Crippen molar-refractivity contribution in [2.75, 3.05) is 5.73 Å². The predicted molar refractivity (Wildman–Crippen MR) is 62.7 cm³/mol. The van der Waals surface area contributed by atoms with Gasteiger partial charge in [0.25, 0.3) is 0 Å². The standard InChI is InChI=1S/C13H19N3/c14-11-6-15-16(7-11)12-2-8-1-9-4-10(5-12)13(9)3-8/h6-10,12-13H,1-5,14H2/t8?,9?,10?,12?,13-/m1/s1. The van der Waals surface area contributed by atoms with Crippen LogP contribution < -0.4 is 5.73 Å². The maximum absolute atomic E-state index is 5.76. The van der Waals surface area contributed by atoms with E-state index in [-0.39, 0.29) is 0 Å². The Morgan fingerprint density at radius 3 is 2.81 bits per heavy atom. The number of nitrogens with two attached hydrogens (primary N) is 1. The van der Waals surface area contributed by atoms with Gasteiger partial charge in [-0.2, -0.15) is 5.10 Å². The lowest BCUT2D eigenvalue weighted by atomic mass is 9.64. The van der Waals surface area contributed by atoms with E-state index in [4.69, 9.17) is 5.73 Å². The van der Waals surface area contributed by atoms with Gasteiger partial charge >= 0.3 is 0 Å². The Labute approximate surface area is 96.0 Å². The van der Waals surface area contributed by atoms with Crippen molar-refractivity contribution in [2.45, 2.75) is 38.1 Å². The first kappa shape index (κ1) is 9.08. The minimum Gasteiger partial charge on any atom is -0.396 e. The van der Waals surface area contributed by atoms with Crippen LogP contribution in [0.3, 0.4) is 0 Å². The normalized spacial score (nSPS) is 45.1. The molecule has 0 saturated heterocycles. The van der Waals surface area contributed by atoms with E-state index < -0.39 is 0 Å². The molecule has 2 bridgehead atoms. The van der Waals surface area contributed by atoms with E-state index in [1.807, 2.05) is 6.20 Å². The lowest BCUT2D eigenvalue weighted by Gasteiger charge is -2.42. The average molecular weight is 217 g/mol. The molecule has 3 heteroatoms. The van der Waals surface area contributed by atoms with E-state index in [2.05, 4.69) is 9.78 Å². The fraction of sp³-hybridized carbons (Fsp3) is 0.769. The van der Waals surface area contributed by atoms with Gasteiger partial charge in [-0.25, -0.2) is 0 Å². The zero-order valence-corrected chi connectivity index (χ0v) is 9.55. The third-order valence-electron chi connectivity index (χ3n) is 5.23. The van der Waals surface area contributed by atoms with E-state index >= 15 is 0 Å². The zero-order chi connectivity index (χ0) is 10.7. The minimum absolute atomic E-state index is 0.624. The molecule has 1 aromatic rings. The van der Waals surface area contributed by atoms with Gasteiger partial charge in [0.1, 0.15) is 0 Å². The number of anilines is 1. The van der Waals surface area contributed by atoms with Crippen molar-refractivity contribution in [1.82, 2.24) is 9.78 Å². The van der Waals surface area contributed by atoms with Crippen LogP contribution in [0, 0.1) is 23.7 Å². The van der Waals surface area contributed by atoms with Gasteiger partial charge in [0, 0.05) is 6.20 Å². The van der Waals surface area contributed by atoms with Crippen molar-refractivity contribution in [3.05, 3.63) is 12.4 Å². The summed E-state index contributed by atoms with van der Waals surface area (Å²) in [6.07, 6.45) is 11.0. The molecule has 3 nitrogen and oxygen atoms in total. The van der Waals surface area contributed by atoms with Gasteiger partial charge in [0.2, 0.25) is 0 Å². The molecule has 0 radical (unpaired) electrons. The summed E-state index contributed by atoms with van der Waals surface area (Å²) >= 11 is 0. The average Bonchev–Trinajstić information content (AvgIpc) is 2.70. The van der Waals surface area contributed by atoms with E-state index in [1.165, 1.54) is 32.1 Å². The SMILES string of the molecule is Nc1cnn(C2CC3CC4CC(C2)[C@@H]4C3)c1. The van der Waals surface area contributed by atoms with E-state index in [0.717, 1.165) is 29.4 Å². The number of fused-ring (bicyclic) bond motifs is 1. The number of rotatable bonds is 1. The molecule has 3 saturated carbocycles. The number of nitrogens with zero attached hydrogens (tertiary/aromatic N) is 2. The highest BCUT2D eigenvalue weighted by Gasteiger charge is 2.50. The van der Waals surface area contributed by atoms with Crippen molar-refractivity contribution in [3.8, 4) is 0 Å². The lowest BCUT2D eigenvalue weighted by molar-refractivity contribution is 0.0759. The molecule has 3 aliphatic rings. The molecule has 16 heavy (non-hydrogen) atoms. The van der Waals surface area contributed by atoms with E-state index in [0.29, 0.717) is 6.04 Å². The molecule has 0 amide bonds. The largest absolute Gasteiger partial charge is 0.396 e. The highest BCUT2D eigenvalue weighted by atomic mass is 15.3. The summed E-state index contributed by atoms with van der Waals surface area (Å²) in [4.78, 5) is 0. The second kappa shape index (κ2) is 3.02. The lowest BCUT2D eigenvalue weighted by Crippen LogP contribution is -2.34. The molecular weight excluding hydrogens is 198 g/mol. The first-order chi connectivity index (χ1) is 7.79. The molecule has 1 heterocycles. The maximum Gasteiger partial charge on any atom is 0.0719 e. The van der Waals surface area contributed by atoms with Crippen LogP contribution in [-0.2, 0) is 0 Å². The van der Waals surface area contributed by atoms with Crippen LogP contribution in [0.5, 0.6) is 0 Å². The number of aromatic nitrogens is 2. The highest BCUT2D eigenvalue weighted by molar-refractivity contribution is 5.30. The Morgan fingerprint density at radius 1 is 1.12 bits per heavy atom. The van der Waals surface area contributed by atoms with Crippen LogP contribution in [0.15, 0.2) is 12.4 Å². The minimum atomic E-state index is 0.624. The summed E-state index contributed by atoms with van der Waals surface area (Å²) < 4.78 is 2.13. The van der Waals surface area contributed by atoms with Crippen LogP contribution in [0.4, 0.5) is 5.69 Å². The van der Waals surface area contributed by atoms with Crippen LogP contribution in [0.2, 0.25) is 0 Å². The molecule has 0 spiro atoms. The monoisotopic (exact) mass is 217 g/mol. The molecule has 3 fully saturated rings. The van der Waals surface area contributed by atoms with Gasteiger partial charge in [0.15, 0.2) is 0 Å². The smallest absolute Gasteiger partial charge is 0.0719 e. The quantitative estimate of drug-likeness (QED) is 0.785. The molecule has 5 atom stereocenters. The molecule has 4 unspecified atom stereocenters. The Morgan fingerprint density at radius 2 is 2.00 bits per heavy atom. The third kappa shape index (κ3) is 1.17. The second-order valence-electron chi connectivity index (χ2n) is 6.14. The van der Waals surface area contributed by atoms with Gasteiger partial charge in [-0.3, -0.25) is 4.68 Å². The molecule has 3 aliphatic carbocycles. The van der Waals surface area contributed by atoms with E-state index in [9.17, 15) is 0 Å². The van der Waals surface area contributed by atoms with Crippen LogP contribution in [-0.4, -0.2) is 9.78 Å². The second-order valence-corrected chi connectivity index (χ2v) is 6.14. The number of hydrogen-bond donors (Lipinski definition) is 1. The summed E-state index contributed by atoms with van der Waals surface area (Å²) in [6.45, 7) is 0. The predicted octanol–water partition coefficient (Wildman–Crippen LogP) is 2.46. The Hall–Kier alpha value is -0.990. The Bertz CT molecular complexity index is 407. The summed E-state index contributed by atoms with van der Waals surface area (Å²) in [7, 11) is 0. The number of hydrogen-bond acceptors (Lipinski definition) is 2. The van der Waals surface area contributed by atoms with Gasteiger partial charge in [-0.15, -0.1) is 0 Å². The Kier molecular flexibility index (Phi) is 1.72. The summed E-state index contributed by atoms with van der Waals surface area (Å²) in [5, 5.41) is 4.41. The molecule has 2 N–H and O–H groups in total. The number of nitrogen functional groups attached to an aromatic ring is 1. The van der Waals surface area contributed by atoms with Gasteiger partial charge in [-0.05, 0) is 55.8 Å².